The molecule has 0 amide bonds. The third-order valence-electron chi connectivity index (χ3n) is 4.58. The number of rotatable bonds is 3. The number of halogens is 1. The molecular weight excluding hydrogens is 307 g/mol. The fourth-order valence-corrected chi connectivity index (χ4v) is 3.31. The van der Waals surface area contributed by atoms with Crippen LogP contribution in [0.15, 0.2) is 42.6 Å². The Kier molecular flexibility index (Phi) is 3.90. The second kappa shape index (κ2) is 6.20. The van der Waals surface area contributed by atoms with Crippen LogP contribution in [-0.2, 0) is 0 Å². The van der Waals surface area contributed by atoms with Gasteiger partial charge in [-0.15, -0.1) is 0 Å². The van der Waals surface area contributed by atoms with Gasteiger partial charge in [0.1, 0.15) is 11.6 Å². The first kappa shape index (κ1) is 15.1. The van der Waals surface area contributed by atoms with Crippen molar-refractivity contribution in [1.29, 1.82) is 0 Å². The molecule has 6 heteroatoms. The Balaban J connectivity index is 1.79. The zero-order valence-electron chi connectivity index (χ0n) is 13.3. The molecule has 0 aliphatic carbocycles. The third-order valence-corrected chi connectivity index (χ3v) is 4.58. The van der Waals surface area contributed by atoms with E-state index in [0.717, 1.165) is 48.7 Å². The van der Waals surface area contributed by atoms with Crippen LogP contribution in [0.25, 0.3) is 16.9 Å². The number of piperidine rings is 1. The van der Waals surface area contributed by atoms with Gasteiger partial charge in [0.15, 0.2) is 5.65 Å². The molecule has 3 heterocycles. The van der Waals surface area contributed by atoms with E-state index in [1.54, 1.807) is 18.3 Å². The Hall–Kier alpha value is -2.47. The molecule has 1 saturated heterocycles. The van der Waals surface area contributed by atoms with Gasteiger partial charge in [-0.25, -0.2) is 9.37 Å². The van der Waals surface area contributed by atoms with Crippen molar-refractivity contribution in [3.8, 4) is 11.3 Å². The van der Waals surface area contributed by atoms with E-state index < -0.39 is 0 Å². The van der Waals surface area contributed by atoms with Crippen molar-refractivity contribution >= 4 is 11.5 Å². The van der Waals surface area contributed by atoms with Gasteiger partial charge in [-0.1, -0.05) is 0 Å². The van der Waals surface area contributed by atoms with E-state index in [-0.39, 0.29) is 18.3 Å². The number of aliphatic hydroxyl groups is 1. The number of benzene rings is 1. The van der Waals surface area contributed by atoms with Crippen molar-refractivity contribution in [1.82, 2.24) is 14.6 Å². The van der Waals surface area contributed by atoms with Gasteiger partial charge in [0.25, 0.3) is 0 Å². The predicted molar refractivity (Wildman–Crippen MR) is 90.4 cm³/mol. The van der Waals surface area contributed by atoms with E-state index in [9.17, 15) is 9.50 Å². The zero-order chi connectivity index (χ0) is 16.5. The van der Waals surface area contributed by atoms with Crippen molar-refractivity contribution in [2.45, 2.75) is 12.8 Å². The summed E-state index contributed by atoms with van der Waals surface area (Å²) in [5.41, 5.74) is 2.43. The van der Waals surface area contributed by atoms with Gasteiger partial charge >= 0.3 is 0 Å². The molecule has 0 spiro atoms. The van der Waals surface area contributed by atoms with Crippen molar-refractivity contribution in [3.05, 3.63) is 48.4 Å². The second-order valence-corrected chi connectivity index (χ2v) is 6.24. The normalized spacial score (nSPS) is 18.2. The van der Waals surface area contributed by atoms with Crippen LogP contribution in [0.4, 0.5) is 10.2 Å². The molecule has 1 fully saturated rings. The molecule has 1 N–H and O–H groups in total. The Morgan fingerprint density at radius 1 is 1.21 bits per heavy atom. The highest BCUT2D eigenvalue weighted by atomic mass is 19.1. The van der Waals surface area contributed by atoms with Gasteiger partial charge in [-0.2, -0.15) is 9.61 Å². The average molecular weight is 326 g/mol. The summed E-state index contributed by atoms with van der Waals surface area (Å²) < 4.78 is 15.0. The fraction of sp³-hybridized carbons (Fsp3) is 0.333. The van der Waals surface area contributed by atoms with Crippen LogP contribution in [0.1, 0.15) is 12.8 Å². The van der Waals surface area contributed by atoms with E-state index in [0.29, 0.717) is 0 Å². The molecule has 0 saturated carbocycles. The Labute approximate surface area is 139 Å². The number of nitrogens with zero attached hydrogens (tertiary/aromatic N) is 4. The van der Waals surface area contributed by atoms with Gasteiger partial charge in [-0.05, 0) is 43.0 Å². The average Bonchev–Trinajstić information content (AvgIpc) is 3.10. The lowest BCUT2D eigenvalue weighted by atomic mass is 9.99. The quantitative estimate of drug-likeness (QED) is 0.804. The minimum Gasteiger partial charge on any atom is -0.396 e. The topological polar surface area (TPSA) is 53.7 Å². The molecular formula is C18H19FN4O. The van der Waals surface area contributed by atoms with Crippen LogP contribution in [0, 0.1) is 11.7 Å². The van der Waals surface area contributed by atoms with Crippen LogP contribution in [0.5, 0.6) is 0 Å². The maximum atomic E-state index is 13.2. The van der Waals surface area contributed by atoms with Gasteiger partial charge in [0.2, 0.25) is 0 Å². The molecule has 1 aromatic carbocycles. The first-order valence-electron chi connectivity index (χ1n) is 8.21. The zero-order valence-corrected chi connectivity index (χ0v) is 13.3. The number of hydrogen-bond acceptors (Lipinski definition) is 4. The summed E-state index contributed by atoms with van der Waals surface area (Å²) in [6.45, 7) is 1.94. The fourth-order valence-electron chi connectivity index (χ4n) is 3.31. The van der Waals surface area contributed by atoms with E-state index in [1.807, 2.05) is 16.6 Å². The third kappa shape index (κ3) is 2.73. The standard InChI is InChI=1S/C18H19FN4O/c19-15-5-3-14(4-6-15)16-10-18(23-17(21-16)7-8-20-23)22-9-1-2-13(11-22)12-24/h3-8,10,13,24H,1-2,9,11-12H2/t13-/m1/s1. The maximum absolute atomic E-state index is 13.2. The molecule has 3 aromatic rings. The molecule has 0 bridgehead atoms. The Morgan fingerprint density at radius 3 is 2.83 bits per heavy atom. The molecule has 1 aliphatic rings. The largest absolute Gasteiger partial charge is 0.396 e. The van der Waals surface area contributed by atoms with Crippen molar-refractivity contribution < 1.29 is 9.50 Å². The summed E-state index contributed by atoms with van der Waals surface area (Å²) in [6, 6.07) is 10.2. The summed E-state index contributed by atoms with van der Waals surface area (Å²) in [4.78, 5) is 6.88. The van der Waals surface area contributed by atoms with E-state index in [2.05, 4.69) is 15.0 Å². The van der Waals surface area contributed by atoms with E-state index in [1.165, 1.54) is 12.1 Å². The maximum Gasteiger partial charge on any atom is 0.157 e. The number of aliphatic hydroxyl groups excluding tert-OH is 1. The molecule has 24 heavy (non-hydrogen) atoms. The number of aromatic nitrogens is 3. The van der Waals surface area contributed by atoms with Gasteiger partial charge in [-0.3, -0.25) is 0 Å². The lowest BCUT2D eigenvalue weighted by molar-refractivity contribution is 0.208. The summed E-state index contributed by atoms with van der Waals surface area (Å²) in [6.07, 6.45) is 3.82. The van der Waals surface area contributed by atoms with Gasteiger partial charge in [0, 0.05) is 37.4 Å². The highest BCUT2D eigenvalue weighted by molar-refractivity contribution is 5.67. The monoisotopic (exact) mass is 326 g/mol. The van der Waals surface area contributed by atoms with Crippen LogP contribution < -0.4 is 4.90 Å². The molecule has 4 rings (SSSR count). The van der Waals surface area contributed by atoms with Crippen LogP contribution >= 0.6 is 0 Å². The Morgan fingerprint density at radius 2 is 2.04 bits per heavy atom. The summed E-state index contributed by atoms with van der Waals surface area (Å²) in [5.74, 6) is 0.987. The number of fused-ring (bicyclic) bond motifs is 1. The minimum absolute atomic E-state index is 0.203. The van der Waals surface area contributed by atoms with E-state index >= 15 is 0 Å². The highest BCUT2D eigenvalue weighted by Crippen LogP contribution is 2.27. The minimum atomic E-state index is -0.258. The van der Waals surface area contributed by atoms with E-state index in [4.69, 9.17) is 0 Å². The van der Waals surface area contributed by atoms with Crippen LogP contribution in [0.2, 0.25) is 0 Å². The van der Waals surface area contributed by atoms with Gasteiger partial charge in [0.05, 0.1) is 11.9 Å². The SMILES string of the molecule is OC[C@@H]1CCCN(c2cc(-c3ccc(F)cc3)nc3ccnn23)C1. The van der Waals surface area contributed by atoms with Gasteiger partial charge < -0.3 is 10.0 Å². The molecule has 5 nitrogen and oxygen atoms in total. The van der Waals surface area contributed by atoms with Crippen molar-refractivity contribution in [2.24, 2.45) is 5.92 Å². The van der Waals surface area contributed by atoms with Crippen molar-refractivity contribution in [2.75, 3.05) is 24.6 Å². The smallest absolute Gasteiger partial charge is 0.157 e. The number of hydrogen-bond donors (Lipinski definition) is 1. The first-order chi connectivity index (χ1) is 11.7. The lowest BCUT2D eigenvalue weighted by Crippen LogP contribution is -2.38. The number of anilines is 1. The second-order valence-electron chi connectivity index (χ2n) is 6.24. The highest BCUT2D eigenvalue weighted by Gasteiger charge is 2.22. The van der Waals surface area contributed by atoms with Crippen molar-refractivity contribution in [3.63, 3.8) is 0 Å². The molecule has 1 aliphatic heterocycles. The summed E-state index contributed by atoms with van der Waals surface area (Å²) in [7, 11) is 0. The lowest BCUT2D eigenvalue weighted by Gasteiger charge is -2.33. The molecule has 0 unspecified atom stereocenters. The summed E-state index contributed by atoms with van der Waals surface area (Å²) in [5, 5.41) is 13.9. The molecule has 0 radical (unpaired) electrons. The van der Waals surface area contributed by atoms with Crippen LogP contribution in [0.3, 0.4) is 0 Å². The molecule has 124 valence electrons. The first-order valence-corrected chi connectivity index (χ1v) is 8.21. The molecule has 1 atom stereocenters. The summed E-state index contributed by atoms with van der Waals surface area (Å²) >= 11 is 0. The Bertz CT molecular complexity index is 846. The molecule has 2 aromatic heterocycles. The van der Waals surface area contributed by atoms with Crippen LogP contribution in [-0.4, -0.2) is 39.4 Å². The predicted octanol–water partition coefficient (Wildman–Crippen LogP) is 2.74.